The first kappa shape index (κ1) is 15.3. The van der Waals surface area contributed by atoms with Gasteiger partial charge in [0.2, 0.25) is 0 Å². The van der Waals surface area contributed by atoms with E-state index in [0.29, 0.717) is 5.41 Å². The van der Waals surface area contributed by atoms with Crippen LogP contribution in [0.1, 0.15) is 52.9 Å². The monoisotopic (exact) mass is 268 g/mol. The molecule has 2 heterocycles. The SMILES string of the molecule is CC(C)(C)NCC1(CN2CCCCCC2)CCOC1. The van der Waals surface area contributed by atoms with Gasteiger partial charge in [-0.3, -0.25) is 0 Å². The second-order valence-electron chi connectivity index (χ2n) is 7.60. The Bertz CT molecular complexity index is 258. The van der Waals surface area contributed by atoms with Gasteiger partial charge >= 0.3 is 0 Å². The fourth-order valence-corrected chi connectivity index (χ4v) is 3.19. The van der Waals surface area contributed by atoms with Crippen LogP contribution >= 0.6 is 0 Å². The van der Waals surface area contributed by atoms with E-state index in [4.69, 9.17) is 4.74 Å². The van der Waals surface area contributed by atoms with Gasteiger partial charge in [-0.05, 0) is 53.1 Å². The second-order valence-corrected chi connectivity index (χ2v) is 7.60. The van der Waals surface area contributed by atoms with E-state index in [1.54, 1.807) is 0 Å². The molecule has 0 spiro atoms. The molecule has 0 aromatic carbocycles. The molecule has 2 saturated heterocycles. The third kappa shape index (κ3) is 5.05. The van der Waals surface area contributed by atoms with E-state index in [-0.39, 0.29) is 5.54 Å². The lowest BCUT2D eigenvalue weighted by Gasteiger charge is -2.36. The smallest absolute Gasteiger partial charge is 0.0547 e. The number of hydrogen-bond donors (Lipinski definition) is 1. The largest absolute Gasteiger partial charge is 0.381 e. The molecule has 0 amide bonds. The summed E-state index contributed by atoms with van der Waals surface area (Å²) in [6, 6.07) is 0. The molecule has 0 saturated carbocycles. The van der Waals surface area contributed by atoms with Crippen molar-refractivity contribution >= 4 is 0 Å². The molecule has 1 unspecified atom stereocenters. The van der Waals surface area contributed by atoms with Gasteiger partial charge in [-0.2, -0.15) is 0 Å². The van der Waals surface area contributed by atoms with Crippen molar-refractivity contribution in [3.8, 4) is 0 Å². The zero-order valence-corrected chi connectivity index (χ0v) is 13.1. The predicted octanol–water partition coefficient (Wildman–Crippen LogP) is 2.66. The Hall–Kier alpha value is -0.120. The quantitative estimate of drug-likeness (QED) is 0.848. The van der Waals surface area contributed by atoms with Gasteiger partial charge in [0.25, 0.3) is 0 Å². The lowest BCUT2D eigenvalue weighted by molar-refractivity contribution is 0.104. The molecular formula is C16H32N2O. The normalized spacial score (nSPS) is 30.5. The van der Waals surface area contributed by atoms with Gasteiger partial charge < -0.3 is 15.0 Å². The molecule has 0 bridgehead atoms. The molecule has 3 heteroatoms. The minimum Gasteiger partial charge on any atom is -0.381 e. The first-order valence-corrected chi connectivity index (χ1v) is 8.04. The van der Waals surface area contributed by atoms with Crippen LogP contribution in [0.4, 0.5) is 0 Å². The Morgan fingerprint density at radius 1 is 1.11 bits per heavy atom. The van der Waals surface area contributed by atoms with E-state index in [1.807, 2.05) is 0 Å². The van der Waals surface area contributed by atoms with Gasteiger partial charge in [-0.1, -0.05) is 12.8 Å². The second kappa shape index (κ2) is 6.55. The van der Waals surface area contributed by atoms with E-state index in [9.17, 15) is 0 Å². The summed E-state index contributed by atoms with van der Waals surface area (Å²) in [5.74, 6) is 0. The Balaban J connectivity index is 1.90. The van der Waals surface area contributed by atoms with Crippen LogP contribution in [0.5, 0.6) is 0 Å². The maximum atomic E-state index is 5.73. The van der Waals surface area contributed by atoms with Crippen molar-refractivity contribution in [3.63, 3.8) is 0 Å². The number of nitrogens with one attached hydrogen (secondary N) is 1. The van der Waals surface area contributed by atoms with Gasteiger partial charge in [-0.15, -0.1) is 0 Å². The highest BCUT2D eigenvalue weighted by molar-refractivity contribution is 4.90. The molecule has 2 aliphatic rings. The Kier molecular flexibility index (Phi) is 5.27. The molecule has 3 nitrogen and oxygen atoms in total. The predicted molar refractivity (Wildman–Crippen MR) is 80.5 cm³/mol. The van der Waals surface area contributed by atoms with Crippen LogP contribution in [0.3, 0.4) is 0 Å². The van der Waals surface area contributed by atoms with Crippen molar-refractivity contribution in [2.45, 2.75) is 58.4 Å². The first-order valence-electron chi connectivity index (χ1n) is 8.04. The average molecular weight is 268 g/mol. The first-order chi connectivity index (χ1) is 8.99. The average Bonchev–Trinajstić information content (AvgIpc) is 2.64. The van der Waals surface area contributed by atoms with Gasteiger partial charge in [0.15, 0.2) is 0 Å². The minimum absolute atomic E-state index is 0.203. The van der Waals surface area contributed by atoms with Crippen LogP contribution in [0.2, 0.25) is 0 Å². The Morgan fingerprint density at radius 2 is 1.79 bits per heavy atom. The minimum atomic E-state index is 0.203. The van der Waals surface area contributed by atoms with E-state index in [1.165, 1.54) is 51.7 Å². The molecular weight excluding hydrogens is 236 g/mol. The number of likely N-dealkylation sites (tertiary alicyclic amines) is 1. The van der Waals surface area contributed by atoms with Crippen molar-refractivity contribution in [2.75, 3.05) is 39.4 Å². The summed E-state index contributed by atoms with van der Waals surface area (Å²) in [4.78, 5) is 2.69. The maximum absolute atomic E-state index is 5.73. The number of rotatable bonds is 4. The Labute approximate surface area is 119 Å². The fraction of sp³-hybridized carbons (Fsp3) is 1.00. The summed E-state index contributed by atoms with van der Waals surface area (Å²) in [5.41, 5.74) is 0.548. The van der Waals surface area contributed by atoms with E-state index in [0.717, 1.165) is 19.8 Å². The topological polar surface area (TPSA) is 24.5 Å². The van der Waals surface area contributed by atoms with Crippen LogP contribution < -0.4 is 5.32 Å². The van der Waals surface area contributed by atoms with E-state index >= 15 is 0 Å². The molecule has 0 radical (unpaired) electrons. The molecule has 2 rings (SSSR count). The highest BCUT2D eigenvalue weighted by Gasteiger charge is 2.37. The summed E-state index contributed by atoms with van der Waals surface area (Å²) in [6.45, 7) is 13.5. The van der Waals surface area contributed by atoms with Gasteiger partial charge in [0.05, 0.1) is 6.61 Å². The van der Waals surface area contributed by atoms with Crippen LogP contribution in [0, 0.1) is 5.41 Å². The standard InChI is InChI=1S/C16H32N2O/c1-15(2,3)17-12-16(8-11-19-14-16)13-18-9-6-4-5-7-10-18/h17H,4-14H2,1-3H3. The molecule has 0 aliphatic carbocycles. The molecule has 0 aromatic heterocycles. The van der Waals surface area contributed by atoms with Crippen LogP contribution in [0.25, 0.3) is 0 Å². The maximum Gasteiger partial charge on any atom is 0.0547 e. The van der Waals surface area contributed by atoms with E-state index in [2.05, 4.69) is 31.0 Å². The third-order valence-electron chi connectivity index (χ3n) is 4.44. The van der Waals surface area contributed by atoms with Crippen molar-refractivity contribution in [1.82, 2.24) is 10.2 Å². The Morgan fingerprint density at radius 3 is 2.32 bits per heavy atom. The number of nitrogens with zero attached hydrogens (tertiary/aromatic N) is 1. The molecule has 2 fully saturated rings. The van der Waals surface area contributed by atoms with Gasteiger partial charge in [0, 0.05) is 30.7 Å². The lowest BCUT2D eigenvalue weighted by Crippen LogP contribution is -2.49. The molecule has 1 N–H and O–H groups in total. The van der Waals surface area contributed by atoms with Crippen LogP contribution in [-0.4, -0.2) is 49.8 Å². The summed E-state index contributed by atoms with van der Waals surface area (Å²) >= 11 is 0. The van der Waals surface area contributed by atoms with Gasteiger partial charge in [-0.25, -0.2) is 0 Å². The molecule has 112 valence electrons. The summed E-state index contributed by atoms with van der Waals surface area (Å²) < 4.78 is 5.73. The number of hydrogen-bond acceptors (Lipinski definition) is 3. The fourth-order valence-electron chi connectivity index (χ4n) is 3.19. The summed E-state index contributed by atoms with van der Waals surface area (Å²) in [7, 11) is 0. The highest BCUT2D eigenvalue weighted by atomic mass is 16.5. The third-order valence-corrected chi connectivity index (χ3v) is 4.44. The van der Waals surface area contributed by atoms with Crippen molar-refractivity contribution in [1.29, 1.82) is 0 Å². The van der Waals surface area contributed by atoms with Crippen molar-refractivity contribution < 1.29 is 4.74 Å². The zero-order chi connectivity index (χ0) is 13.8. The highest BCUT2D eigenvalue weighted by Crippen LogP contribution is 2.30. The summed E-state index contributed by atoms with van der Waals surface area (Å²) in [5, 5.41) is 3.70. The van der Waals surface area contributed by atoms with Crippen molar-refractivity contribution in [3.05, 3.63) is 0 Å². The lowest BCUT2D eigenvalue weighted by atomic mass is 9.85. The molecule has 19 heavy (non-hydrogen) atoms. The number of ether oxygens (including phenoxy) is 1. The molecule has 0 aromatic rings. The zero-order valence-electron chi connectivity index (χ0n) is 13.1. The van der Waals surface area contributed by atoms with Crippen LogP contribution in [-0.2, 0) is 4.74 Å². The van der Waals surface area contributed by atoms with Gasteiger partial charge in [0.1, 0.15) is 0 Å². The molecule has 2 aliphatic heterocycles. The van der Waals surface area contributed by atoms with Crippen molar-refractivity contribution in [2.24, 2.45) is 5.41 Å². The van der Waals surface area contributed by atoms with Crippen LogP contribution in [0.15, 0.2) is 0 Å². The summed E-state index contributed by atoms with van der Waals surface area (Å²) in [6.07, 6.45) is 6.81. The van der Waals surface area contributed by atoms with E-state index < -0.39 is 0 Å². The molecule has 1 atom stereocenters.